The normalized spacial score (nSPS) is 15.2. The van der Waals surface area contributed by atoms with Crippen LogP contribution in [0.15, 0.2) is 24.3 Å². The van der Waals surface area contributed by atoms with E-state index in [1.807, 2.05) is 0 Å². The van der Waals surface area contributed by atoms with E-state index in [0.717, 1.165) is 6.26 Å². The number of benzene rings is 1. The van der Waals surface area contributed by atoms with Crippen molar-refractivity contribution in [3.8, 4) is 0 Å². The van der Waals surface area contributed by atoms with E-state index in [2.05, 4.69) is 15.9 Å². The van der Waals surface area contributed by atoms with Crippen LogP contribution in [0.25, 0.3) is 0 Å². The van der Waals surface area contributed by atoms with Crippen molar-refractivity contribution in [1.82, 2.24) is 0 Å². The quantitative estimate of drug-likeness (QED) is 0.523. The maximum Gasteiger partial charge on any atom is 0.194 e. The summed E-state index contributed by atoms with van der Waals surface area (Å²) in [6, 6.07) is 6.28. The van der Waals surface area contributed by atoms with Crippen molar-refractivity contribution in [3.63, 3.8) is 0 Å². The van der Waals surface area contributed by atoms with Gasteiger partial charge in [0.25, 0.3) is 0 Å². The SMILES string of the molecule is CC[C@@](Br)(C(=O)c1cccc(N)c1)S(C)(=O)=O. The highest BCUT2D eigenvalue weighted by molar-refractivity contribution is 9.12. The van der Waals surface area contributed by atoms with Crippen LogP contribution in [0.5, 0.6) is 0 Å². The first-order chi connectivity index (χ1) is 7.72. The summed E-state index contributed by atoms with van der Waals surface area (Å²) in [7, 11) is -3.55. The highest BCUT2D eigenvalue weighted by Crippen LogP contribution is 2.33. The van der Waals surface area contributed by atoms with Crippen molar-refractivity contribution in [2.24, 2.45) is 0 Å². The van der Waals surface area contributed by atoms with Crippen LogP contribution >= 0.6 is 15.9 Å². The van der Waals surface area contributed by atoms with Crippen molar-refractivity contribution in [1.29, 1.82) is 0 Å². The molecule has 0 bridgehead atoms. The molecule has 1 rings (SSSR count). The Morgan fingerprint density at radius 1 is 1.47 bits per heavy atom. The number of carbonyl (C=O) groups excluding carboxylic acids is 1. The monoisotopic (exact) mass is 319 g/mol. The van der Waals surface area contributed by atoms with Gasteiger partial charge < -0.3 is 5.73 Å². The molecule has 0 saturated carbocycles. The average molecular weight is 320 g/mol. The maximum atomic E-state index is 12.2. The fourth-order valence-corrected chi connectivity index (χ4v) is 2.69. The minimum Gasteiger partial charge on any atom is -0.399 e. The van der Waals surface area contributed by atoms with Crippen molar-refractivity contribution in [2.45, 2.75) is 17.0 Å². The highest BCUT2D eigenvalue weighted by Gasteiger charge is 2.44. The molecule has 17 heavy (non-hydrogen) atoms. The summed E-state index contributed by atoms with van der Waals surface area (Å²) in [5, 5.41) is 0. The van der Waals surface area contributed by atoms with Crippen molar-refractivity contribution in [3.05, 3.63) is 29.8 Å². The molecule has 0 spiro atoms. The lowest BCUT2D eigenvalue weighted by Crippen LogP contribution is -2.39. The second kappa shape index (κ2) is 4.78. The lowest BCUT2D eigenvalue weighted by Gasteiger charge is -2.22. The fraction of sp³-hybridized carbons (Fsp3) is 0.364. The number of alkyl halides is 1. The minimum absolute atomic E-state index is 0.152. The van der Waals surface area contributed by atoms with E-state index in [0.29, 0.717) is 5.69 Å². The van der Waals surface area contributed by atoms with E-state index in [1.54, 1.807) is 25.1 Å². The van der Waals surface area contributed by atoms with Gasteiger partial charge >= 0.3 is 0 Å². The fourth-order valence-electron chi connectivity index (χ4n) is 1.49. The molecule has 0 aliphatic carbocycles. The van der Waals surface area contributed by atoms with Crippen LogP contribution in [0.3, 0.4) is 0 Å². The predicted octanol–water partition coefficient (Wildman–Crippen LogP) is 2.00. The molecule has 0 fully saturated rings. The Morgan fingerprint density at radius 2 is 2.06 bits per heavy atom. The van der Waals surface area contributed by atoms with Crippen LogP contribution in [0.4, 0.5) is 5.69 Å². The van der Waals surface area contributed by atoms with E-state index in [9.17, 15) is 13.2 Å². The van der Waals surface area contributed by atoms with Gasteiger partial charge in [-0.15, -0.1) is 0 Å². The second-order valence-electron chi connectivity index (χ2n) is 3.81. The average Bonchev–Trinajstić information content (AvgIpc) is 2.25. The van der Waals surface area contributed by atoms with Crippen LogP contribution in [0, 0.1) is 0 Å². The third-order valence-corrected chi connectivity index (χ3v) is 6.86. The molecule has 0 unspecified atom stereocenters. The zero-order valence-electron chi connectivity index (χ0n) is 9.60. The first-order valence-electron chi connectivity index (χ1n) is 5.01. The summed E-state index contributed by atoms with van der Waals surface area (Å²) >= 11 is 3.05. The lowest BCUT2D eigenvalue weighted by molar-refractivity contribution is 0.0976. The molecule has 0 amide bonds. The summed E-state index contributed by atoms with van der Waals surface area (Å²) < 4.78 is 21.8. The first kappa shape index (κ1) is 14.2. The predicted molar refractivity (Wildman–Crippen MR) is 72.0 cm³/mol. The van der Waals surface area contributed by atoms with Gasteiger partial charge in [0, 0.05) is 17.5 Å². The number of halogens is 1. The molecule has 0 aliphatic rings. The Morgan fingerprint density at radius 3 is 2.47 bits per heavy atom. The lowest BCUT2D eigenvalue weighted by atomic mass is 10.1. The topological polar surface area (TPSA) is 77.2 Å². The smallest absolute Gasteiger partial charge is 0.194 e. The number of Topliss-reactive ketones (excluding diaryl/α,β-unsaturated/α-hetero) is 1. The van der Waals surface area contributed by atoms with Gasteiger partial charge in [0.1, 0.15) is 0 Å². The molecule has 94 valence electrons. The molecule has 0 aliphatic heterocycles. The van der Waals surface area contributed by atoms with Crippen LogP contribution in [0.1, 0.15) is 23.7 Å². The Kier molecular flexibility index (Phi) is 3.99. The van der Waals surface area contributed by atoms with Gasteiger partial charge in [-0.25, -0.2) is 8.42 Å². The molecular weight excluding hydrogens is 306 g/mol. The number of rotatable bonds is 4. The Bertz CT molecular complexity index is 541. The van der Waals surface area contributed by atoms with E-state index in [1.165, 1.54) is 6.07 Å². The number of nitrogen functional groups attached to an aromatic ring is 1. The largest absolute Gasteiger partial charge is 0.399 e. The number of ketones is 1. The molecule has 0 aromatic heterocycles. The molecule has 1 atom stereocenters. The minimum atomic E-state index is -3.55. The Hall–Kier alpha value is -0.880. The number of sulfone groups is 1. The molecular formula is C11H14BrNO3S. The molecule has 6 heteroatoms. The van der Waals surface area contributed by atoms with Crippen molar-refractivity contribution >= 4 is 37.2 Å². The van der Waals surface area contributed by atoms with Gasteiger partial charge in [0.15, 0.2) is 19.3 Å². The summed E-state index contributed by atoms with van der Waals surface area (Å²) in [4.78, 5) is 12.2. The standard InChI is InChI=1S/C11H14BrNO3S/c1-3-11(12,17(2,15)16)10(14)8-5-4-6-9(13)7-8/h4-7H,3,13H2,1-2H3/t11-/m0/s1. The summed E-state index contributed by atoms with van der Waals surface area (Å²) in [6.07, 6.45) is 1.19. The Balaban J connectivity index is 3.29. The van der Waals surface area contributed by atoms with Gasteiger partial charge in [-0.1, -0.05) is 35.0 Å². The highest BCUT2D eigenvalue weighted by atomic mass is 79.9. The second-order valence-corrected chi connectivity index (χ2v) is 7.93. The van der Waals surface area contributed by atoms with Crippen molar-refractivity contribution < 1.29 is 13.2 Å². The molecule has 0 radical (unpaired) electrons. The number of nitrogens with two attached hydrogens (primary N) is 1. The third-order valence-electron chi connectivity index (χ3n) is 2.53. The molecule has 4 nitrogen and oxygen atoms in total. The number of hydrogen-bond donors (Lipinski definition) is 1. The zero-order chi connectivity index (χ0) is 13.3. The molecule has 0 heterocycles. The van der Waals surface area contributed by atoms with Crippen LogP contribution < -0.4 is 5.73 Å². The van der Waals surface area contributed by atoms with Crippen molar-refractivity contribution in [2.75, 3.05) is 12.0 Å². The first-order valence-corrected chi connectivity index (χ1v) is 7.69. The number of anilines is 1. The summed E-state index contributed by atoms with van der Waals surface area (Å²) in [6.45, 7) is 1.64. The molecule has 2 N–H and O–H groups in total. The van der Waals surface area contributed by atoms with Gasteiger partial charge in [-0.2, -0.15) is 0 Å². The summed E-state index contributed by atoms with van der Waals surface area (Å²) in [5.41, 5.74) is 6.29. The maximum absolute atomic E-state index is 12.2. The number of hydrogen-bond acceptors (Lipinski definition) is 4. The molecule has 1 aromatic rings. The summed E-state index contributed by atoms with van der Waals surface area (Å²) in [5.74, 6) is -0.491. The molecule has 0 saturated heterocycles. The van der Waals surface area contributed by atoms with E-state index in [4.69, 9.17) is 5.73 Å². The Labute approximate surface area is 109 Å². The zero-order valence-corrected chi connectivity index (χ0v) is 12.0. The van der Waals surface area contributed by atoms with Gasteiger partial charge in [0.05, 0.1) is 0 Å². The van der Waals surface area contributed by atoms with Crippen LogP contribution in [-0.4, -0.2) is 24.1 Å². The molecule has 1 aromatic carbocycles. The van der Waals surface area contributed by atoms with Crippen LogP contribution in [0.2, 0.25) is 0 Å². The van der Waals surface area contributed by atoms with E-state index in [-0.39, 0.29) is 12.0 Å². The van der Waals surface area contributed by atoms with Gasteiger partial charge in [-0.05, 0) is 18.6 Å². The van der Waals surface area contributed by atoms with Crippen LogP contribution in [-0.2, 0) is 9.84 Å². The van der Waals surface area contributed by atoms with Gasteiger partial charge in [-0.3, -0.25) is 4.79 Å². The third kappa shape index (κ3) is 2.69. The van der Waals surface area contributed by atoms with E-state index < -0.39 is 19.3 Å². The van der Waals surface area contributed by atoms with E-state index >= 15 is 0 Å². The number of carbonyl (C=O) groups is 1. The van der Waals surface area contributed by atoms with Gasteiger partial charge in [0.2, 0.25) is 0 Å².